The summed E-state index contributed by atoms with van der Waals surface area (Å²) in [5.74, 6) is 2.53. The van der Waals surface area contributed by atoms with Gasteiger partial charge in [-0.1, -0.05) is 111 Å². The Kier molecular flexibility index (Phi) is 4.36. The molecule has 8 aromatic rings. The van der Waals surface area contributed by atoms with Crippen molar-refractivity contribution in [3.8, 4) is 28.5 Å². The summed E-state index contributed by atoms with van der Waals surface area (Å²) in [6.07, 6.45) is 0. The van der Waals surface area contributed by atoms with Gasteiger partial charge in [0.1, 0.15) is 11.6 Å². The highest BCUT2D eigenvalue weighted by Crippen LogP contribution is 2.54. The SMILES string of the molecule is CC1(C)c2ccccc2-c2oc3c(ccc4c5ccccc5n(-c5nc(-c6ccccc6)nc6ccccc56)c43)c21. The molecule has 194 valence electrons. The minimum atomic E-state index is -0.163. The Labute approximate surface area is 236 Å². The molecule has 0 bridgehead atoms. The summed E-state index contributed by atoms with van der Waals surface area (Å²) >= 11 is 0. The number of fused-ring (bicyclic) bond motifs is 10. The Balaban J connectivity index is 1.46. The largest absolute Gasteiger partial charge is 0.453 e. The summed E-state index contributed by atoms with van der Waals surface area (Å²) in [6, 6.07) is 40.2. The molecule has 0 spiro atoms. The zero-order valence-electron chi connectivity index (χ0n) is 22.7. The summed E-state index contributed by atoms with van der Waals surface area (Å²) < 4.78 is 9.23. The van der Waals surface area contributed by atoms with Gasteiger partial charge >= 0.3 is 0 Å². The van der Waals surface area contributed by atoms with Gasteiger partial charge in [-0.05, 0) is 23.8 Å². The molecule has 41 heavy (non-hydrogen) atoms. The first-order valence-electron chi connectivity index (χ1n) is 14.0. The monoisotopic (exact) mass is 527 g/mol. The highest BCUT2D eigenvalue weighted by atomic mass is 16.3. The number of rotatable bonds is 2. The fourth-order valence-corrected chi connectivity index (χ4v) is 6.94. The van der Waals surface area contributed by atoms with Gasteiger partial charge in [0.15, 0.2) is 11.4 Å². The summed E-state index contributed by atoms with van der Waals surface area (Å²) in [6.45, 7) is 4.60. The Hall–Kier alpha value is -5.22. The molecule has 0 fully saturated rings. The lowest BCUT2D eigenvalue weighted by atomic mass is 9.81. The quantitative estimate of drug-likeness (QED) is 0.225. The number of hydrogen-bond acceptors (Lipinski definition) is 3. The molecular weight excluding hydrogens is 502 g/mol. The number of hydrogen-bond donors (Lipinski definition) is 0. The van der Waals surface area contributed by atoms with Crippen molar-refractivity contribution in [3.63, 3.8) is 0 Å². The second kappa shape index (κ2) is 7.92. The first-order chi connectivity index (χ1) is 20.1. The molecule has 5 aromatic carbocycles. The van der Waals surface area contributed by atoms with E-state index in [0.29, 0.717) is 5.82 Å². The van der Waals surface area contributed by atoms with Gasteiger partial charge in [-0.2, -0.15) is 0 Å². The molecule has 3 aromatic heterocycles. The van der Waals surface area contributed by atoms with Crippen LogP contribution in [-0.4, -0.2) is 14.5 Å². The van der Waals surface area contributed by atoms with Crippen molar-refractivity contribution in [1.29, 1.82) is 0 Å². The van der Waals surface area contributed by atoms with Crippen molar-refractivity contribution in [3.05, 3.63) is 126 Å². The van der Waals surface area contributed by atoms with Crippen molar-refractivity contribution in [1.82, 2.24) is 14.5 Å². The van der Waals surface area contributed by atoms with Crippen LogP contribution < -0.4 is 0 Å². The Morgan fingerprint density at radius 2 is 1.34 bits per heavy atom. The van der Waals surface area contributed by atoms with Crippen LogP contribution in [0.15, 0.2) is 120 Å². The minimum Gasteiger partial charge on any atom is -0.453 e. The molecule has 1 aliphatic carbocycles. The number of nitrogens with zero attached hydrogens (tertiary/aromatic N) is 3. The molecule has 0 saturated carbocycles. The lowest BCUT2D eigenvalue weighted by molar-refractivity contribution is 0.620. The van der Waals surface area contributed by atoms with Gasteiger partial charge in [0, 0.05) is 43.7 Å². The maximum absolute atomic E-state index is 6.94. The van der Waals surface area contributed by atoms with Crippen LogP contribution in [0.3, 0.4) is 0 Å². The van der Waals surface area contributed by atoms with E-state index in [0.717, 1.165) is 55.4 Å². The zero-order valence-corrected chi connectivity index (χ0v) is 22.7. The standard InChI is InChI=1S/C37H25N3O/c1-37(2)28-17-9-6-15-25(28)33-31(37)27-21-20-24-23-14-8-11-19-30(23)40(32(24)34(27)41-33)36-26-16-7-10-18-29(26)38-35(39-36)22-12-4-3-5-13-22/h3-21H,1-2H3. The van der Waals surface area contributed by atoms with E-state index in [1.165, 1.54) is 22.1 Å². The van der Waals surface area contributed by atoms with Crippen LogP contribution in [0.1, 0.15) is 25.0 Å². The van der Waals surface area contributed by atoms with E-state index in [1.54, 1.807) is 0 Å². The Morgan fingerprint density at radius 1 is 0.634 bits per heavy atom. The normalized spacial score (nSPS) is 13.8. The predicted octanol–water partition coefficient (Wildman–Crippen LogP) is 9.45. The second-order valence-corrected chi connectivity index (χ2v) is 11.4. The fraction of sp³-hybridized carbons (Fsp3) is 0.0811. The first-order valence-corrected chi connectivity index (χ1v) is 14.0. The minimum absolute atomic E-state index is 0.163. The van der Waals surface area contributed by atoms with Gasteiger partial charge in [-0.25, -0.2) is 9.97 Å². The molecule has 0 atom stereocenters. The van der Waals surface area contributed by atoms with Crippen LogP contribution in [-0.2, 0) is 5.41 Å². The van der Waals surface area contributed by atoms with Crippen LogP contribution in [0.4, 0.5) is 0 Å². The van der Waals surface area contributed by atoms with Gasteiger partial charge in [0.05, 0.1) is 16.6 Å². The smallest absolute Gasteiger partial charge is 0.162 e. The first kappa shape index (κ1) is 22.6. The zero-order chi connectivity index (χ0) is 27.3. The van der Waals surface area contributed by atoms with Crippen LogP contribution in [0.25, 0.3) is 72.2 Å². The number of aromatic nitrogens is 3. The molecule has 3 heterocycles. The van der Waals surface area contributed by atoms with Gasteiger partial charge < -0.3 is 4.42 Å². The third kappa shape index (κ3) is 2.94. The van der Waals surface area contributed by atoms with E-state index >= 15 is 0 Å². The molecule has 0 aliphatic heterocycles. The Morgan fingerprint density at radius 3 is 2.22 bits per heavy atom. The maximum atomic E-state index is 6.94. The van der Waals surface area contributed by atoms with Gasteiger partial charge in [0.25, 0.3) is 0 Å². The van der Waals surface area contributed by atoms with E-state index in [2.05, 4.69) is 109 Å². The topological polar surface area (TPSA) is 43.9 Å². The van der Waals surface area contributed by atoms with Crippen LogP contribution >= 0.6 is 0 Å². The molecule has 0 radical (unpaired) electrons. The molecule has 9 rings (SSSR count). The second-order valence-electron chi connectivity index (χ2n) is 11.4. The molecule has 0 unspecified atom stereocenters. The van der Waals surface area contributed by atoms with Crippen molar-refractivity contribution in [2.75, 3.05) is 0 Å². The van der Waals surface area contributed by atoms with E-state index in [9.17, 15) is 0 Å². The predicted molar refractivity (Wildman–Crippen MR) is 167 cm³/mol. The van der Waals surface area contributed by atoms with Gasteiger partial charge in [-0.3, -0.25) is 4.57 Å². The number of para-hydroxylation sites is 2. The molecule has 4 nitrogen and oxygen atoms in total. The highest BCUT2D eigenvalue weighted by molar-refractivity contribution is 6.19. The number of furan rings is 1. The van der Waals surface area contributed by atoms with Crippen molar-refractivity contribution >= 4 is 43.7 Å². The molecule has 4 heteroatoms. The van der Waals surface area contributed by atoms with Gasteiger partial charge in [0.2, 0.25) is 0 Å². The molecule has 0 saturated heterocycles. The van der Waals surface area contributed by atoms with E-state index in [-0.39, 0.29) is 5.41 Å². The Bertz CT molecular complexity index is 2340. The molecule has 1 aliphatic rings. The molecular formula is C37H25N3O. The van der Waals surface area contributed by atoms with E-state index in [4.69, 9.17) is 14.4 Å². The van der Waals surface area contributed by atoms with Gasteiger partial charge in [-0.15, -0.1) is 0 Å². The molecule has 0 N–H and O–H groups in total. The van der Waals surface area contributed by atoms with E-state index in [1.807, 2.05) is 24.3 Å². The molecule has 0 amide bonds. The fourth-order valence-electron chi connectivity index (χ4n) is 6.94. The summed E-state index contributed by atoms with van der Waals surface area (Å²) in [5.41, 5.74) is 8.50. The van der Waals surface area contributed by atoms with Crippen LogP contribution in [0.5, 0.6) is 0 Å². The average Bonchev–Trinajstić information content (AvgIpc) is 3.64. The summed E-state index contributed by atoms with van der Waals surface area (Å²) in [7, 11) is 0. The third-order valence-corrected chi connectivity index (χ3v) is 8.79. The van der Waals surface area contributed by atoms with Crippen LogP contribution in [0, 0.1) is 0 Å². The summed E-state index contributed by atoms with van der Waals surface area (Å²) in [4.78, 5) is 10.2. The lowest BCUT2D eigenvalue weighted by Gasteiger charge is -2.20. The number of benzene rings is 5. The van der Waals surface area contributed by atoms with Crippen molar-refractivity contribution in [2.24, 2.45) is 0 Å². The maximum Gasteiger partial charge on any atom is 0.162 e. The average molecular weight is 528 g/mol. The lowest BCUT2D eigenvalue weighted by Crippen LogP contribution is -2.14. The van der Waals surface area contributed by atoms with Crippen molar-refractivity contribution < 1.29 is 4.42 Å². The highest BCUT2D eigenvalue weighted by Gasteiger charge is 2.40. The third-order valence-electron chi connectivity index (χ3n) is 8.79. The van der Waals surface area contributed by atoms with Crippen LogP contribution in [0.2, 0.25) is 0 Å². The van der Waals surface area contributed by atoms with E-state index < -0.39 is 0 Å². The van der Waals surface area contributed by atoms with Crippen molar-refractivity contribution in [2.45, 2.75) is 19.3 Å². The summed E-state index contributed by atoms with van der Waals surface area (Å²) in [5, 5.41) is 4.47.